The van der Waals surface area contributed by atoms with E-state index in [1.807, 2.05) is 12.1 Å². The third kappa shape index (κ3) is 5.08. The van der Waals surface area contributed by atoms with Crippen LogP contribution in [0.15, 0.2) is 24.3 Å². The molecular formula is C18H29FN2. The first-order valence-corrected chi connectivity index (χ1v) is 8.44. The van der Waals surface area contributed by atoms with Gasteiger partial charge in [-0.2, -0.15) is 0 Å². The Morgan fingerprint density at radius 3 is 2.48 bits per heavy atom. The minimum absolute atomic E-state index is 0.158. The Kier molecular flexibility index (Phi) is 6.65. The van der Waals surface area contributed by atoms with Crippen molar-refractivity contribution in [3.63, 3.8) is 0 Å². The van der Waals surface area contributed by atoms with E-state index in [0.717, 1.165) is 32.0 Å². The quantitative estimate of drug-likeness (QED) is 0.740. The third-order valence-corrected chi connectivity index (χ3v) is 4.65. The number of hydrogen-bond acceptors (Lipinski definition) is 2. The number of hydrogen-bond donors (Lipinski definition) is 1. The van der Waals surface area contributed by atoms with E-state index < -0.39 is 0 Å². The predicted octanol–water partition coefficient (Wildman–Crippen LogP) is 3.99. The van der Waals surface area contributed by atoms with Crippen LogP contribution in [0.5, 0.6) is 0 Å². The molecule has 0 radical (unpaired) electrons. The Morgan fingerprint density at radius 2 is 1.95 bits per heavy atom. The van der Waals surface area contributed by atoms with Crippen molar-refractivity contribution in [1.29, 1.82) is 0 Å². The maximum atomic E-state index is 13.1. The van der Waals surface area contributed by atoms with Crippen molar-refractivity contribution < 1.29 is 4.39 Å². The molecule has 1 unspecified atom stereocenters. The average molecular weight is 292 g/mol. The van der Waals surface area contributed by atoms with Crippen molar-refractivity contribution in [3.05, 3.63) is 35.6 Å². The highest BCUT2D eigenvalue weighted by Crippen LogP contribution is 2.27. The molecule has 0 amide bonds. The zero-order chi connectivity index (χ0) is 15.1. The van der Waals surface area contributed by atoms with Gasteiger partial charge in [0.05, 0.1) is 0 Å². The SMILES string of the molecule is CCNC(CCN(CC)CC1CCC1)c1ccc(F)cc1. The predicted molar refractivity (Wildman–Crippen MR) is 86.9 cm³/mol. The molecule has 1 atom stereocenters. The minimum Gasteiger partial charge on any atom is -0.310 e. The van der Waals surface area contributed by atoms with Crippen LogP contribution in [-0.2, 0) is 0 Å². The van der Waals surface area contributed by atoms with E-state index >= 15 is 0 Å². The third-order valence-electron chi connectivity index (χ3n) is 4.65. The van der Waals surface area contributed by atoms with Crippen molar-refractivity contribution in [3.8, 4) is 0 Å². The van der Waals surface area contributed by atoms with Crippen LogP contribution in [0.4, 0.5) is 4.39 Å². The van der Waals surface area contributed by atoms with E-state index in [9.17, 15) is 4.39 Å². The molecule has 1 aromatic rings. The van der Waals surface area contributed by atoms with Crippen LogP contribution in [0.1, 0.15) is 51.1 Å². The van der Waals surface area contributed by atoms with Gasteiger partial charge in [-0.3, -0.25) is 0 Å². The molecule has 2 rings (SSSR count). The lowest BCUT2D eigenvalue weighted by Crippen LogP contribution is -2.35. The molecule has 1 saturated carbocycles. The number of halogens is 1. The summed E-state index contributed by atoms with van der Waals surface area (Å²) in [6, 6.07) is 7.26. The highest BCUT2D eigenvalue weighted by molar-refractivity contribution is 5.19. The van der Waals surface area contributed by atoms with Crippen molar-refractivity contribution in [2.24, 2.45) is 5.92 Å². The summed E-state index contributed by atoms with van der Waals surface area (Å²) in [5.74, 6) is 0.766. The molecular weight excluding hydrogens is 263 g/mol. The molecule has 3 heteroatoms. The first kappa shape index (κ1) is 16.4. The van der Waals surface area contributed by atoms with Crippen molar-refractivity contribution >= 4 is 0 Å². The van der Waals surface area contributed by atoms with E-state index in [-0.39, 0.29) is 5.82 Å². The second-order valence-corrected chi connectivity index (χ2v) is 6.14. The second kappa shape index (κ2) is 8.50. The summed E-state index contributed by atoms with van der Waals surface area (Å²) in [7, 11) is 0. The van der Waals surface area contributed by atoms with Gasteiger partial charge in [-0.1, -0.05) is 32.4 Å². The van der Waals surface area contributed by atoms with Gasteiger partial charge in [-0.15, -0.1) is 0 Å². The fraction of sp³-hybridized carbons (Fsp3) is 0.667. The maximum absolute atomic E-state index is 13.1. The summed E-state index contributed by atoms with van der Waals surface area (Å²) in [4.78, 5) is 2.57. The van der Waals surface area contributed by atoms with Gasteiger partial charge < -0.3 is 10.2 Å². The highest BCUT2D eigenvalue weighted by Gasteiger charge is 2.20. The average Bonchev–Trinajstić information content (AvgIpc) is 2.45. The maximum Gasteiger partial charge on any atom is 0.123 e. The normalized spacial score (nSPS) is 17.0. The number of rotatable bonds is 9. The summed E-state index contributed by atoms with van der Waals surface area (Å²) >= 11 is 0. The lowest BCUT2D eigenvalue weighted by atomic mass is 9.85. The fourth-order valence-corrected chi connectivity index (χ4v) is 3.06. The molecule has 21 heavy (non-hydrogen) atoms. The molecule has 0 spiro atoms. The lowest BCUT2D eigenvalue weighted by Gasteiger charge is -2.32. The largest absolute Gasteiger partial charge is 0.310 e. The summed E-state index contributed by atoms with van der Waals surface area (Å²) in [6.45, 7) is 8.80. The van der Waals surface area contributed by atoms with Crippen LogP contribution in [0.2, 0.25) is 0 Å². The summed E-state index contributed by atoms with van der Waals surface area (Å²) in [6.07, 6.45) is 5.31. The van der Waals surface area contributed by atoms with Crippen LogP contribution < -0.4 is 5.32 Å². The van der Waals surface area contributed by atoms with Crippen molar-refractivity contribution in [1.82, 2.24) is 10.2 Å². The lowest BCUT2D eigenvalue weighted by molar-refractivity contribution is 0.177. The van der Waals surface area contributed by atoms with Crippen LogP contribution >= 0.6 is 0 Å². The first-order chi connectivity index (χ1) is 10.2. The van der Waals surface area contributed by atoms with Gasteiger partial charge >= 0.3 is 0 Å². The van der Waals surface area contributed by atoms with E-state index in [1.54, 1.807) is 12.1 Å². The molecule has 0 heterocycles. The zero-order valence-corrected chi connectivity index (χ0v) is 13.4. The number of benzene rings is 1. The first-order valence-electron chi connectivity index (χ1n) is 8.44. The Labute approximate surface area is 128 Å². The summed E-state index contributed by atoms with van der Waals surface area (Å²) in [5, 5.41) is 3.53. The van der Waals surface area contributed by atoms with E-state index in [0.29, 0.717) is 6.04 Å². The van der Waals surface area contributed by atoms with Gasteiger partial charge in [-0.25, -0.2) is 4.39 Å². The Balaban J connectivity index is 1.87. The molecule has 1 aromatic carbocycles. The van der Waals surface area contributed by atoms with E-state index in [4.69, 9.17) is 0 Å². The topological polar surface area (TPSA) is 15.3 Å². The fourth-order valence-electron chi connectivity index (χ4n) is 3.06. The van der Waals surface area contributed by atoms with Crippen LogP contribution in [-0.4, -0.2) is 31.1 Å². The molecule has 1 N–H and O–H groups in total. The Hall–Kier alpha value is -0.930. The van der Waals surface area contributed by atoms with Crippen molar-refractivity contribution in [2.75, 3.05) is 26.2 Å². The second-order valence-electron chi connectivity index (χ2n) is 6.14. The monoisotopic (exact) mass is 292 g/mol. The van der Waals surface area contributed by atoms with Gasteiger partial charge in [0.15, 0.2) is 0 Å². The molecule has 0 aromatic heterocycles. The standard InChI is InChI=1S/C18H29FN2/c1-3-20-18(16-8-10-17(19)11-9-16)12-13-21(4-2)14-15-6-5-7-15/h8-11,15,18,20H,3-7,12-14H2,1-2H3. The van der Waals surface area contributed by atoms with Crippen LogP contribution in [0, 0.1) is 11.7 Å². The van der Waals surface area contributed by atoms with Gasteiger partial charge in [0.25, 0.3) is 0 Å². The van der Waals surface area contributed by atoms with E-state index in [1.165, 1.54) is 31.4 Å². The van der Waals surface area contributed by atoms with Crippen molar-refractivity contribution in [2.45, 2.75) is 45.6 Å². The van der Waals surface area contributed by atoms with Crippen LogP contribution in [0.3, 0.4) is 0 Å². The molecule has 1 aliphatic rings. The number of nitrogens with one attached hydrogen (secondary N) is 1. The van der Waals surface area contributed by atoms with Gasteiger partial charge in [0, 0.05) is 12.6 Å². The smallest absolute Gasteiger partial charge is 0.123 e. The molecule has 0 saturated heterocycles. The van der Waals surface area contributed by atoms with Gasteiger partial charge in [0.2, 0.25) is 0 Å². The molecule has 2 nitrogen and oxygen atoms in total. The van der Waals surface area contributed by atoms with E-state index in [2.05, 4.69) is 24.1 Å². The zero-order valence-electron chi connectivity index (χ0n) is 13.4. The summed E-state index contributed by atoms with van der Waals surface area (Å²) in [5.41, 5.74) is 1.19. The molecule has 1 aliphatic carbocycles. The molecule has 118 valence electrons. The van der Waals surface area contributed by atoms with Gasteiger partial charge in [-0.05, 0) is 62.5 Å². The summed E-state index contributed by atoms with van der Waals surface area (Å²) < 4.78 is 13.1. The van der Waals surface area contributed by atoms with Gasteiger partial charge in [0.1, 0.15) is 5.82 Å². The molecule has 0 bridgehead atoms. The minimum atomic E-state index is -0.158. The number of nitrogens with zero attached hydrogens (tertiary/aromatic N) is 1. The Morgan fingerprint density at radius 1 is 1.24 bits per heavy atom. The molecule has 0 aliphatic heterocycles. The molecule has 1 fully saturated rings. The highest BCUT2D eigenvalue weighted by atomic mass is 19.1. The Bertz CT molecular complexity index is 400. The van der Waals surface area contributed by atoms with Crippen LogP contribution in [0.25, 0.3) is 0 Å².